The van der Waals surface area contributed by atoms with Crippen molar-refractivity contribution in [1.82, 2.24) is 5.06 Å². The molecule has 3 nitrogen and oxygen atoms in total. The summed E-state index contributed by atoms with van der Waals surface area (Å²) < 4.78 is 58.2. The average Bonchev–Trinajstić information content (AvgIpc) is 3.19. The van der Waals surface area contributed by atoms with Gasteiger partial charge >= 0.3 is 251 Å². The Labute approximate surface area is 250 Å². The summed E-state index contributed by atoms with van der Waals surface area (Å²) >= 11 is -4.63. The maximum absolute atomic E-state index is 16.2. The van der Waals surface area contributed by atoms with E-state index < -0.39 is 43.0 Å². The van der Waals surface area contributed by atoms with Crippen LogP contribution in [0.5, 0.6) is 0 Å². The molecule has 220 valence electrons. The number of nitrogens with zero attached hydrogens (tertiary/aromatic N) is 2. The van der Waals surface area contributed by atoms with Crippen molar-refractivity contribution in [3.63, 3.8) is 0 Å². The van der Waals surface area contributed by atoms with Crippen LogP contribution in [0, 0.1) is 59.0 Å². The van der Waals surface area contributed by atoms with Crippen molar-refractivity contribution in [3.05, 3.63) is 123 Å². The molecule has 42 heavy (non-hydrogen) atoms. The van der Waals surface area contributed by atoms with E-state index in [2.05, 4.69) is 52.0 Å². The van der Waals surface area contributed by atoms with Gasteiger partial charge in [-0.15, -0.1) is 0 Å². The Kier molecular flexibility index (Phi) is 7.88. The van der Waals surface area contributed by atoms with E-state index in [0.717, 1.165) is 59.9 Å². The zero-order valence-corrected chi connectivity index (χ0v) is 28.0. The second-order valence-electron chi connectivity index (χ2n) is 12.7. The van der Waals surface area contributed by atoms with Gasteiger partial charge in [0.25, 0.3) is 0 Å². The van der Waals surface area contributed by atoms with Gasteiger partial charge in [-0.25, -0.2) is 0 Å². The van der Waals surface area contributed by atoms with Gasteiger partial charge in [-0.2, -0.15) is 0 Å². The van der Waals surface area contributed by atoms with E-state index in [0.29, 0.717) is 0 Å². The number of anilines is 1. The molecule has 0 aromatic heterocycles. The zero-order chi connectivity index (χ0) is 30.7. The van der Waals surface area contributed by atoms with Gasteiger partial charge in [0.1, 0.15) is 0 Å². The van der Waals surface area contributed by atoms with Crippen molar-refractivity contribution in [2.75, 3.05) is 3.86 Å². The zero-order valence-electron chi connectivity index (χ0n) is 25.9. The third-order valence-corrected chi connectivity index (χ3v) is 17.6. The number of hydrogen-bond donors (Lipinski definition) is 0. The molecule has 1 atom stereocenters. The molecule has 4 aromatic rings. The molecular formula is C35H39F3GeN2O. The molecule has 0 N–H and O–H groups in total. The van der Waals surface area contributed by atoms with Crippen LogP contribution < -0.4 is 12.6 Å². The van der Waals surface area contributed by atoms with E-state index in [1.165, 1.54) is 0 Å². The normalized spacial score (nSPS) is 17.2. The molecule has 1 aliphatic rings. The summed E-state index contributed by atoms with van der Waals surface area (Å²) in [5.41, 5.74) is 6.19. The van der Waals surface area contributed by atoms with Gasteiger partial charge in [0.15, 0.2) is 0 Å². The molecule has 1 fully saturated rings. The molecule has 7 heteroatoms. The Balaban J connectivity index is 2.05. The van der Waals surface area contributed by atoms with Gasteiger partial charge in [0.2, 0.25) is 0 Å². The van der Waals surface area contributed by atoms with Crippen LogP contribution in [0.1, 0.15) is 65.9 Å². The molecule has 1 saturated heterocycles. The Morgan fingerprint density at radius 3 is 1.50 bits per heavy atom. The quantitative estimate of drug-likeness (QED) is 0.214. The molecule has 5 rings (SSSR count). The standard InChI is InChI=1S/C35H39F3GeN2O/c1-21-15-23(3)31(24(4)16-21)39(32-25(5)17-22(2)18-26(32)6)40(33-29(37)19-28(36)20-30(33)38)34(27-13-11-10-12-14-27)41(42-39)35(7,8)9/h10-20,34H,1-9H3. The first kappa shape index (κ1) is 30.4. The Hall–Kier alpha value is -3.07. The Bertz CT molecular complexity index is 1540. The number of benzene rings is 4. The minimum atomic E-state index is -4.63. The van der Waals surface area contributed by atoms with Crippen LogP contribution in [-0.4, -0.2) is 24.4 Å². The summed E-state index contributed by atoms with van der Waals surface area (Å²) in [6.45, 7) is 18.4. The van der Waals surface area contributed by atoms with Crippen LogP contribution in [0.25, 0.3) is 0 Å². The van der Waals surface area contributed by atoms with Crippen molar-refractivity contribution >= 4 is 28.3 Å². The van der Waals surface area contributed by atoms with Crippen molar-refractivity contribution in [2.24, 2.45) is 0 Å². The SMILES string of the molecule is Cc1cc(C)[c]([Ge]2([c]3c(C)cc(C)cc3C)[O]N(C(C)(C)C)C(c3ccccc3)[N]2c2c(F)cc(F)cc2F)c(C)c1. The van der Waals surface area contributed by atoms with E-state index in [-0.39, 0.29) is 5.69 Å². The molecular weight excluding hydrogens is 594 g/mol. The molecule has 1 aliphatic heterocycles. The monoisotopic (exact) mass is 634 g/mol. The van der Waals surface area contributed by atoms with E-state index in [1.807, 2.05) is 73.9 Å². The first-order valence-corrected chi connectivity index (χ1v) is 18.2. The fraction of sp³-hybridized carbons (Fsp3) is 0.314. The predicted octanol–water partition coefficient (Wildman–Crippen LogP) is 7.76. The molecule has 0 bridgehead atoms. The van der Waals surface area contributed by atoms with Gasteiger partial charge in [-0.3, -0.25) is 0 Å². The fourth-order valence-electron chi connectivity index (χ4n) is 6.86. The second kappa shape index (κ2) is 10.9. The average molecular weight is 633 g/mol. The van der Waals surface area contributed by atoms with Crippen molar-refractivity contribution in [3.8, 4) is 0 Å². The maximum atomic E-state index is 16.2. The molecule has 0 aliphatic carbocycles. The van der Waals surface area contributed by atoms with Gasteiger partial charge < -0.3 is 0 Å². The molecule has 1 unspecified atom stereocenters. The van der Waals surface area contributed by atoms with E-state index in [1.54, 1.807) is 0 Å². The molecule has 4 aromatic carbocycles. The third-order valence-electron chi connectivity index (χ3n) is 8.05. The van der Waals surface area contributed by atoms with Crippen LogP contribution in [0.4, 0.5) is 18.9 Å². The van der Waals surface area contributed by atoms with Crippen molar-refractivity contribution in [1.29, 1.82) is 0 Å². The Morgan fingerprint density at radius 2 is 1.10 bits per heavy atom. The summed E-state index contributed by atoms with van der Waals surface area (Å²) in [4.78, 5) is 0. The minimum absolute atomic E-state index is 0.268. The number of aryl methyl sites for hydroxylation is 6. The molecule has 1 heterocycles. The van der Waals surface area contributed by atoms with Crippen LogP contribution in [0.3, 0.4) is 0 Å². The fourth-order valence-corrected chi connectivity index (χ4v) is 17.8. The number of halogens is 3. The molecule has 0 radical (unpaired) electrons. The number of rotatable bonds is 4. The summed E-state index contributed by atoms with van der Waals surface area (Å²) in [5, 5.41) is 1.92. The molecule has 0 amide bonds. The first-order valence-electron chi connectivity index (χ1n) is 14.3. The van der Waals surface area contributed by atoms with E-state index >= 15 is 8.78 Å². The third kappa shape index (κ3) is 4.97. The van der Waals surface area contributed by atoms with Crippen LogP contribution >= 0.6 is 0 Å². The van der Waals surface area contributed by atoms with Gasteiger partial charge in [-0.1, -0.05) is 0 Å². The van der Waals surface area contributed by atoms with Gasteiger partial charge in [0, 0.05) is 0 Å². The van der Waals surface area contributed by atoms with Crippen LogP contribution in [0.2, 0.25) is 0 Å². The molecule has 0 saturated carbocycles. The van der Waals surface area contributed by atoms with E-state index in [9.17, 15) is 4.39 Å². The van der Waals surface area contributed by atoms with Crippen LogP contribution in [0.15, 0.2) is 66.7 Å². The summed E-state index contributed by atoms with van der Waals surface area (Å²) in [6, 6.07) is 19.7. The summed E-state index contributed by atoms with van der Waals surface area (Å²) in [6.07, 6.45) is -0.694. The predicted molar refractivity (Wildman–Crippen MR) is 167 cm³/mol. The number of hydrogen-bond acceptors (Lipinski definition) is 3. The van der Waals surface area contributed by atoms with Gasteiger partial charge in [-0.05, 0) is 0 Å². The van der Waals surface area contributed by atoms with Crippen LogP contribution in [-0.2, 0) is 3.86 Å². The van der Waals surface area contributed by atoms with Gasteiger partial charge in [0.05, 0.1) is 0 Å². The second-order valence-corrected chi connectivity index (χ2v) is 18.8. The summed E-state index contributed by atoms with van der Waals surface area (Å²) in [7, 11) is 0. The Morgan fingerprint density at radius 1 is 0.667 bits per heavy atom. The first-order chi connectivity index (χ1) is 19.7. The topological polar surface area (TPSA) is 15.7 Å². The van der Waals surface area contributed by atoms with Crippen molar-refractivity contribution in [2.45, 2.75) is 74.0 Å². The van der Waals surface area contributed by atoms with Crippen molar-refractivity contribution < 1.29 is 17.0 Å². The number of hydroxylamine groups is 2. The molecule has 0 spiro atoms. The summed E-state index contributed by atoms with van der Waals surface area (Å²) in [5.74, 6) is -2.86. The van der Waals surface area contributed by atoms with E-state index in [4.69, 9.17) is 3.86 Å².